The number of aromatic nitrogens is 2. The number of nitrogens with zero attached hydrogens (tertiary/aromatic N) is 2. The van der Waals surface area contributed by atoms with Crippen LogP contribution in [0.15, 0.2) is 16.7 Å². The molecule has 0 radical (unpaired) electrons. The first-order chi connectivity index (χ1) is 11.3. The quantitative estimate of drug-likeness (QED) is 0.830. The molecular weight excluding hydrogens is 314 g/mol. The third-order valence-corrected chi connectivity index (χ3v) is 3.32. The zero-order valence-corrected chi connectivity index (χ0v) is 13.9. The van der Waals surface area contributed by atoms with Crippen LogP contribution in [-0.4, -0.2) is 33.7 Å². The van der Waals surface area contributed by atoms with Crippen molar-refractivity contribution >= 4 is 11.9 Å². The van der Waals surface area contributed by atoms with E-state index < -0.39 is 18.6 Å². The van der Waals surface area contributed by atoms with Crippen LogP contribution in [0.2, 0.25) is 0 Å². The average Bonchev–Trinajstić information content (AvgIpc) is 2.92. The number of hydrogen-bond donors (Lipinski definition) is 2. The van der Waals surface area contributed by atoms with Crippen LogP contribution in [0.3, 0.4) is 0 Å². The number of aryl methyl sites for hydroxylation is 3. The summed E-state index contributed by atoms with van der Waals surface area (Å²) in [5, 5.41) is 15.2. The van der Waals surface area contributed by atoms with Crippen molar-refractivity contribution in [3.8, 4) is 5.75 Å². The van der Waals surface area contributed by atoms with E-state index in [1.54, 1.807) is 39.8 Å². The molecule has 0 saturated carbocycles. The Balaban J connectivity index is 2.13. The average molecular weight is 333 g/mol. The van der Waals surface area contributed by atoms with Gasteiger partial charge in [-0.1, -0.05) is 5.16 Å². The monoisotopic (exact) mass is 333 g/mol. The van der Waals surface area contributed by atoms with Gasteiger partial charge in [0, 0.05) is 5.56 Å². The van der Waals surface area contributed by atoms with Gasteiger partial charge >= 0.3 is 5.97 Å². The molecule has 0 fully saturated rings. The Hall–Kier alpha value is -2.90. The zero-order chi connectivity index (χ0) is 17.9. The minimum absolute atomic E-state index is 0.297. The molecule has 24 heavy (non-hydrogen) atoms. The first kappa shape index (κ1) is 17.5. The summed E-state index contributed by atoms with van der Waals surface area (Å²) >= 11 is 0. The van der Waals surface area contributed by atoms with Crippen LogP contribution < -0.4 is 10.1 Å². The Kier molecular flexibility index (Phi) is 5.18. The Morgan fingerprint density at radius 1 is 1.29 bits per heavy atom. The molecule has 0 aliphatic heterocycles. The van der Waals surface area contributed by atoms with E-state index in [1.807, 2.05) is 0 Å². The van der Waals surface area contributed by atoms with Gasteiger partial charge in [-0.15, -0.1) is 0 Å². The van der Waals surface area contributed by atoms with Gasteiger partial charge in [-0.2, -0.15) is 4.98 Å². The normalized spacial score (nSPS) is 11.8. The van der Waals surface area contributed by atoms with E-state index in [2.05, 4.69) is 15.5 Å². The molecule has 1 atom stereocenters. The van der Waals surface area contributed by atoms with Crippen molar-refractivity contribution in [1.82, 2.24) is 15.5 Å². The molecule has 0 aliphatic carbocycles. The van der Waals surface area contributed by atoms with Gasteiger partial charge in [0.25, 0.3) is 5.91 Å². The number of carbonyl (C=O) groups is 2. The van der Waals surface area contributed by atoms with Crippen molar-refractivity contribution in [3.05, 3.63) is 40.5 Å². The fraction of sp³-hybridized carbons (Fsp3) is 0.375. The highest BCUT2D eigenvalue weighted by Crippen LogP contribution is 2.25. The summed E-state index contributed by atoms with van der Waals surface area (Å²) in [6.07, 6.45) is 0. The van der Waals surface area contributed by atoms with Crippen LogP contribution in [0.4, 0.5) is 0 Å². The molecular formula is C16H19N3O5. The minimum Gasteiger partial charge on any atom is -0.481 e. The number of rotatable bonds is 6. The number of carboxylic acid groups (broad SMARTS) is 1. The third-order valence-electron chi connectivity index (χ3n) is 3.32. The number of carbonyl (C=O) groups excluding carboxylic acids is 1. The van der Waals surface area contributed by atoms with E-state index in [0.29, 0.717) is 34.2 Å². The summed E-state index contributed by atoms with van der Waals surface area (Å²) in [4.78, 5) is 27.1. The van der Waals surface area contributed by atoms with Gasteiger partial charge < -0.3 is 19.7 Å². The number of hydrogen-bond acceptors (Lipinski definition) is 6. The van der Waals surface area contributed by atoms with Crippen molar-refractivity contribution in [2.24, 2.45) is 0 Å². The zero-order valence-electron chi connectivity index (χ0n) is 13.9. The van der Waals surface area contributed by atoms with E-state index in [1.165, 1.54) is 0 Å². The van der Waals surface area contributed by atoms with Crippen molar-refractivity contribution in [1.29, 1.82) is 0 Å². The number of amides is 1. The molecule has 2 rings (SSSR count). The summed E-state index contributed by atoms with van der Waals surface area (Å²) < 4.78 is 10.3. The Morgan fingerprint density at radius 2 is 1.92 bits per heavy atom. The lowest BCUT2D eigenvalue weighted by atomic mass is 10.0. The van der Waals surface area contributed by atoms with Gasteiger partial charge in [-0.3, -0.25) is 4.79 Å². The van der Waals surface area contributed by atoms with Crippen LogP contribution in [0.25, 0.3) is 0 Å². The molecule has 0 saturated heterocycles. The predicted molar refractivity (Wildman–Crippen MR) is 84.0 cm³/mol. The van der Waals surface area contributed by atoms with Crippen molar-refractivity contribution in [2.45, 2.75) is 33.7 Å². The fourth-order valence-corrected chi connectivity index (χ4v) is 2.27. The van der Waals surface area contributed by atoms with Crippen LogP contribution in [0.1, 0.15) is 46.2 Å². The van der Waals surface area contributed by atoms with Gasteiger partial charge in [0.15, 0.2) is 12.4 Å². The lowest BCUT2D eigenvalue weighted by Gasteiger charge is -2.14. The number of nitrogens with one attached hydrogen (secondary N) is 1. The summed E-state index contributed by atoms with van der Waals surface area (Å²) in [6.45, 7) is 6.53. The highest BCUT2D eigenvalue weighted by atomic mass is 16.5. The molecule has 0 aliphatic rings. The Morgan fingerprint density at radius 3 is 2.42 bits per heavy atom. The van der Waals surface area contributed by atoms with Crippen molar-refractivity contribution < 1.29 is 24.0 Å². The maximum atomic E-state index is 12.4. The lowest BCUT2D eigenvalue weighted by molar-refractivity contribution is -0.139. The summed E-state index contributed by atoms with van der Waals surface area (Å²) in [6, 6.07) is 2.86. The van der Waals surface area contributed by atoms with Crippen LogP contribution in [-0.2, 0) is 4.79 Å². The van der Waals surface area contributed by atoms with Crippen LogP contribution in [0.5, 0.6) is 5.75 Å². The largest absolute Gasteiger partial charge is 0.481 e. The number of benzene rings is 1. The molecule has 1 unspecified atom stereocenters. The molecule has 0 bridgehead atoms. The SMILES string of the molecule is Cc1noc(C(C)NC(=O)c2cc(C)c(OCC(=O)O)c(C)c2)n1. The van der Waals surface area contributed by atoms with Crippen LogP contribution in [0, 0.1) is 20.8 Å². The van der Waals surface area contributed by atoms with Gasteiger partial charge in [-0.05, 0) is 51.0 Å². The van der Waals surface area contributed by atoms with E-state index in [9.17, 15) is 9.59 Å². The van der Waals surface area contributed by atoms with E-state index >= 15 is 0 Å². The van der Waals surface area contributed by atoms with Gasteiger partial charge in [0.1, 0.15) is 11.8 Å². The fourth-order valence-electron chi connectivity index (χ4n) is 2.27. The molecule has 1 aromatic carbocycles. The molecule has 2 N–H and O–H groups in total. The second-order valence-electron chi connectivity index (χ2n) is 5.50. The lowest BCUT2D eigenvalue weighted by Crippen LogP contribution is -2.27. The van der Waals surface area contributed by atoms with Crippen molar-refractivity contribution in [3.63, 3.8) is 0 Å². The smallest absolute Gasteiger partial charge is 0.341 e. The molecule has 128 valence electrons. The second kappa shape index (κ2) is 7.12. The van der Waals surface area contributed by atoms with Gasteiger partial charge in [-0.25, -0.2) is 4.79 Å². The summed E-state index contributed by atoms with van der Waals surface area (Å²) in [5.74, 6) is -0.0587. The molecule has 0 spiro atoms. The molecule has 1 amide bonds. The summed E-state index contributed by atoms with van der Waals surface area (Å²) in [5.41, 5.74) is 1.81. The third kappa shape index (κ3) is 4.09. The highest BCUT2D eigenvalue weighted by molar-refractivity contribution is 5.95. The number of carboxylic acids is 1. The topological polar surface area (TPSA) is 115 Å². The molecule has 1 heterocycles. The number of aliphatic carboxylic acids is 1. The predicted octanol–water partition coefficient (Wildman–Crippen LogP) is 1.95. The second-order valence-corrected chi connectivity index (χ2v) is 5.50. The van der Waals surface area contributed by atoms with E-state index in [0.717, 1.165) is 0 Å². The summed E-state index contributed by atoms with van der Waals surface area (Å²) in [7, 11) is 0. The Bertz CT molecular complexity index is 746. The van der Waals surface area contributed by atoms with Gasteiger partial charge in [0.05, 0.1) is 0 Å². The Labute approximate surface area is 138 Å². The highest BCUT2D eigenvalue weighted by Gasteiger charge is 2.18. The molecule has 8 heteroatoms. The van der Waals surface area contributed by atoms with Crippen LogP contribution >= 0.6 is 0 Å². The maximum Gasteiger partial charge on any atom is 0.341 e. The molecule has 8 nitrogen and oxygen atoms in total. The maximum absolute atomic E-state index is 12.4. The number of ether oxygens (including phenoxy) is 1. The standard InChI is InChI=1S/C16H19N3O5/c1-8-5-12(6-9(2)14(8)23-7-13(20)21)15(22)17-10(3)16-18-11(4)19-24-16/h5-6,10H,7H2,1-4H3,(H,17,22)(H,20,21). The van der Waals surface area contributed by atoms with Gasteiger partial charge in [0.2, 0.25) is 5.89 Å². The van der Waals surface area contributed by atoms with E-state index in [4.69, 9.17) is 14.4 Å². The van der Waals surface area contributed by atoms with E-state index in [-0.39, 0.29) is 5.91 Å². The molecule has 2 aromatic rings. The van der Waals surface area contributed by atoms with Crippen molar-refractivity contribution in [2.75, 3.05) is 6.61 Å². The first-order valence-electron chi connectivity index (χ1n) is 7.35. The molecule has 1 aromatic heterocycles. The first-order valence-corrected chi connectivity index (χ1v) is 7.35. The minimum atomic E-state index is -1.06.